The van der Waals surface area contributed by atoms with Crippen LogP contribution in [0.3, 0.4) is 0 Å². The van der Waals surface area contributed by atoms with E-state index in [2.05, 4.69) is 10.2 Å². The number of carbonyl (C=O) groups excluding carboxylic acids is 1. The Morgan fingerprint density at radius 1 is 1.20 bits per heavy atom. The maximum absolute atomic E-state index is 11.8. The van der Waals surface area contributed by atoms with Crippen LogP contribution in [0, 0.1) is 0 Å². The number of urea groups is 1. The van der Waals surface area contributed by atoms with Crippen molar-refractivity contribution in [1.29, 1.82) is 0 Å². The Morgan fingerprint density at radius 3 is 2.40 bits per heavy atom. The average molecular weight is 286 g/mol. The molecule has 0 aromatic carbocycles. The molecule has 1 aliphatic rings. The number of amides is 2. The standard InChI is InChI=1S/C14H30N4O2/c1-16(2)10-12-20-11-7-15-13-5-8-18(9-6-13)14(19)17(3)4/h13,15H,5-12H2,1-4H3. The number of likely N-dealkylation sites (N-methyl/N-ethyl adjacent to an activating group) is 1. The van der Waals surface area contributed by atoms with Crippen LogP contribution >= 0.6 is 0 Å². The maximum atomic E-state index is 11.8. The van der Waals surface area contributed by atoms with Crippen LogP contribution in [0.25, 0.3) is 0 Å². The van der Waals surface area contributed by atoms with Gasteiger partial charge in [-0.15, -0.1) is 0 Å². The highest BCUT2D eigenvalue weighted by Crippen LogP contribution is 2.11. The summed E-state index contributed by atoms with van der Waals surface area (Å²) >= 11 is 0. The minimum Gasteiger partial charge on any atom is -0.379 e. The molecule has 0 atom stereocenters. The summed E-state index contributed by atoms with van der Waals surface area (Å²) in [5.41, 5.74) is 0. The van der Waals surface area contributed by atoms with Gasteiger partial charge >= 0.3 is 6.03 Å². The lowest BCUT2D eigenvalue weighted by molar-refractivity contribution is 0.113. The summed E-state index contributed by atoms with van der Waals surface area (Å²) in [5, 5.41) is 3.51. The molecule has 118 valence electrons. The average Bonchev–Trinajstić information content (AvgIpc) is 2.42. The molecule has 0 unspecified atom stereocenters. The van der Waals surface area contributed by atoms with Crippen molar-refractivity contribution in [1.82, 2.24) is 20.0 Å². The van der Waals surface area contributed by atoms with Gasteiger partial charge in [0.25, 0.3) is 0 Å². The summed E-state index contributed by atoms with van der Waals surface area (Å²) in [5.74, 6) is 0. The first-order valence-corrected chi connectivity index (χ1v) is 7.42. The van der Waals surface area contributed by atoms with Crippen molar-refractivity contribution in [2.45, 2.75) is 18.9 Å². The van der Waals surface area contributed by atoms with Gasteiger partial charge in [-0.1, -0.05) is 0 Å². The number of hydrogen-bond acceptors (Lipinski definition) is 4. The highest BCUT2D eigenvalue weighted by molar-refractivity contribution is 5.73. The van der Waals surface area contributed by atoms with Gasteiger partial charge in [-0.05, 0) is 26.9 Å². The molecule has 1 rings (SSSR count). The molecule has 1 saturated heterocycles. The van der Waals surface area contributed by atoms with Gasteiger partial charge < -0.3 is 24.8 Å². The monoisotopic (exact) mass is 286 g/mol. The number of likely N-dealkylation sites (tertiary alicyclic amines) is 1. The Bertz CT molecular complexity index is 276. The van der Waals surface area contributed by atoms with Crippen molar-refractivity contribution in [2.24, 2.45) is 0 Å². The van der Waals surface area contributed by atoms with E-state index in [1.807, 2.05) is 19.0 Å². The van der Waals surface area contributed by atoms with Crippen LogP contribution < -0.4 is 5.32 Å². The zero-order chi connectivity index (χ0) is 15.0. The zero-order valence-corrected chi connectivity index (χ0v) is 13.4. The van der Waals surface area contributed by atoms with Crippen LogP contribution in [-0.4, -0.2) is 94.4 Å². The van der Waals surface area contributed by atoms with E-state index in [-0.39, 0.29) is 6.03 Å². The van der Waals surface area contributed by atoms with Gasteiger partial charge in [-0.2, -0.15) is 0 Å². The van der Waals surface area contributed by atoms with Crippen molar-refractivity contribution in [3.05, 3.63) is 0 Å². The molecule has 6 heteroatoms. The Balaban J connectivity index is 2.04. The molecule has 1 heterocycles. The van der Waals surface area contributed by atoms with E-state index in [4.69, 9.17) is 4.74 Å². The van der Waals surface area contributed by atoms with E-state index in [1.54, 1.807) is 19.0 Å². The summed E-state index contributed by atoms with van der Waals surface area (Å²) in [4.78, 5) is 17.5. The Labute approximate surface area is 123 Å². The van der Waals surface area contributed by atoms with Crippen LogP contribution in [0.4, 0.5) is 4.79 Å². The number of nitrogens with zero attached hydrogens (tertiary/aromatic N) is 3. The third-order valence-electron chi connectivity index (χ3n) is 3.51. The molecule has 20 heavy (non-hydrogen) atoms. The predicted molar refractivity (Wildman–Crippen MR) is 81.1 cm³/mol. The second kappa shape index (κ2) is 9.15. The van der Waals surface area contributed by atoms with Crippen LogP contribution in [-0.2, 0) is 4.74 Å². The second-order valence-electron chi connectivity index (χ2n) is 5.81. The minimum atomic E-state index is 0.121. The zero-order valence-electron chi connectivity index (χ0n) is 13.4. The predicted octanol–water partition coefficient (Wildman–Crippen LogP) is 0.300. The highest BCUT2D eigenvalue weighted by Gasteiger charge is 2.23. The van der Waals surface area contributed by atoms with Gasteiger partial charge in [0.2, 0.25) is 0 Å². The van der Waals surface area contributed by atoms with Crippen LogP contribution in [0.5, 0.6) is 0 Å². The fourth-order valence-electron chi connectivity index (χ4n) is 2.24. The van der Waals surface area contributed by atoms with Crippen molar-refractivity contribution >= 4 is 6.03 Å². The molecule has 0 bridgehead atoms. The summed E-state index contributed by atoms with van der Waals surface area (Å²) in [6, 6.07) is 0.633. The molecule has 1 N–H and O–H groups in total. The lowest BCUT2D eigenvalue weighted by Gasteiger charge is -2.34. The van der Waals surface area contributed by atoms with Crippen molar-refractivity contribution in [3.63, 3.8) is 0 Å². The molecule has 0 spiro atoms. The lowest BCUT2D eigenvalue weighted by atomic mass is 10.1. The number of piperidine rings is 1. The third-order valence-corrected chi connectivity index (χ3v) is 3.51. The van der Waals surface area contributed by atoms with E-state index in [1.165, 1.54) is 0 Å². The SMILES string of the molecule is CN(C)CCOCCNC1CCN(C(=O)N(C)C)CC1. The van der Waals surface area contributed by atoms with Gasteiger partial charge in [-0.25, -0.2) is 4.79 Å². The molecule has 1 aliphatic heterocycles. The van der Waals surface area contributed by atoms with Crippen LogP contribution in [0.1, 0.15) is 12.8 Å². The molecule has 2 amide bonds. The number of carbonyl (C=O) groups is 1. The largest absolute Gasteiger partial charge is 0.379 e. The van der Waals surface area contributed by atoms with Crippen molar-refractivity contribution in [3.8, 4) is 0 Å². The van der Waals surface area contributed by atoms with E-state index < -0.39 is 0 Å². The normalized spacial score (nSPS) is 16.8. The first-order chi connectivity index (χ1) is 9.50. The molecular formula is C14H30N4O2. The number of ether oxygens (including phenoxy) is 1. The maximum Gasteiger partial charge on any atom is 0.319 e. The van der Waals surface area contributed by atoms with E-state index in [0.717, 1.165) is 52.2 Å². The lowest BCUT2D eigenvalue weighted by Crippen LogP contribution is -2.48. The fraction of sp³-hybridized carbons (Fsp3) is 0.929. The van der Waals surface area contributed by atoms with Gasteiger partial charge in [0, 0.05) is 46.3 Å². The van der Waals surface area contributed by atoms with Gasteiger partial charge in [0.15, 0.2) is 0 Å². The summed E-state index contributed by atoms with van der Waals surface area (Å²) in [6.45, 7) is 5.08. The topological polar surface area (TPSA) is 48.1 Å². The molecule has 0 radical (unpaired) electrons. The summed E-state index contributed by atoms with van der Waals surface area (Å²) in [6.07, 6.45) is 2.05. The summed E-state index contributed by atoms with van der Waals surface area (Å²) < 4.78 is 5.55. The number of nitrogens with one attached hydrogen (secondary N) is 1. The molecule has 0 aromatic rings. The molecule has 1 fully saturated rings. The minimum absolute atomic E-state index is 0.121. The van der Waals surface area contributed by atoms with Gasteiger partial charge in [-0.3, -0.25) is 0 Å². The first-order valence-electron chi connectivity index (χ1n) is 7.42. The molecule has 6 nitrogen and oxygen atoms in total. The van der Waals surface area contributed by atoms with Gasteiger partial charge in [0.1, 0.15) is 0 Å². The molecule has 0 aliphatic carbocycles. The number of rotatable bonds is 7. The molecular weight excluding hydrogens is 256 g/mol. The Hall–Kier alpha value is -0.850. The Morgan fingerprint density at radius 2 is 1.85 bits per heavy atom. The molecule has 0 saturated carbocycles. The quantitative estimate of drug-likeness (QED) is 0.684. The fourth-order valence-corrected chi connectivity index (χ4v) is 2.24. The third kappa shape index (κ3) is 6.54. The van der Waals surface area contributed by atoms with E-state index in [0.29, 0.717) is 6.04 Å². The van der Waals surface area contributed by atoms with Crippen molar-refractivity contribution < 1.29 is 9.53 Å². The second-order valence-corrected chi connectivity index (χ2v) is 5.81. The first kappa shape index (κ1) is 17.2. The molecule has 0 aromatic heterocycles. The highest BCUT2D eigenvalue weighted by atomic mass is 16.5. The van der Waals surface area contributed by atoms with Crippen LogP contribution in [0.15, 0.2) is 0 Å². The Kier molecular flexibility index (Phi) is 7.87. The van der Waals surface area contributed by atoms with Crippen molar-refractivity contribution in [2.75, 3.05) is 67.6 Å². The van der Waals surface area contributed by atoms with E-state index >= 15 is 0 Å². The summed E-state index contributed by atoms with van der Waals surface area (Å²) in [7, 11) is 7.70. The van der Waals surface area contributed by atoms with Crippen LogP contribution in [0.2, 0.25) is 0 Å². The van der Waals surface area contributed by atoms with E-state index in [9.17, 15) is 4.79 Å². The van der Waals surface area contributed by atoms with Gasteiger partial charge in [0.05, 0.1) is 13.2 Å². The number of hydrogen-bond donors (Lipinski definition) is 1. The smallest absolute Gasteiger partial charge is 0.319 e.